The van der Waals surface area contributed by atoms with Crippen LogP contribution in [-0.4, -0.2) is 23.0 Å². The van der Waals surface area contributed by atoms with Gasteiger partial charge in [-0.2, -0.15) is 0 Å². The molecular weight excluding hydrogens is 388 g/mol. The monoisotopic (exact) mass is 400 g/mol. The second kappa shape index (κ2) is 6.52. The van der Waals surface area contributed by atoms with E-state index in [0.717, 1.165) is 10.5 Å². The first kappa shape index (κ1) is 16.9. The van der Waals surface area contributed by atoms with E-state index in [1.165, 1.54) is 12.1 Å². The molecule has 4 amide bonds. The van der Waals surface area contributed by atoms with E-state index in [9.17, 15) is 19.5 Å². The average Bonchev–Trinajstić information content (AvgIpc) is 2.56. The van der Waals surface area contributed by atoms with Crippen LogP contribution in [0.1, 0.15) is 11.1 Å². The van der Waals surface area contributed by atoms with Crippen LogP contribution in [0.3, 0.4) is 0 Å². The number of barbiturate groups is 1. The van der Waals surface area contributed by atoms with Crippen LogP contribution in [0, 0.1) is 6.92 Å². The summed E-state index contributed by atoms with van der Waals surface area (Å²) in [5, 5.41) is 12.1. The number of benzene rings is 2. The third-order valence-corrected chi connectivity index (χ3v) is 4.18. The van der Waals surface area contributed by atoms with Crippen molar-refractivity contribution in [1.82, 2.24) is 5.32 Å². The van der Waals surface area contributed by atoms with Gasteiger partial charge in [0.1, 0.15) is 11.3 Å². The van der Waals surface area contributed by atoms with E-state index in [2.05, 4.69) is 21.2 Å². The van der Waals surface area contributed by atoms with E-state index in [1.807, 2.05) is 6.92 Å². The van der Waals surface area contributed by atoms with Gasteiger partial charge >= 0.3 is 6.03 Å². The van der Waals surface area contributed by atoms with E-state index in [-0.39, 0.29) is 16.9 Å². The number of carbonyl (C=O) groups excluding carboxylic acids is 3. The van der Waals surface area contributed by atoms with Gasteiger partial charge in [-0.3, -0.25) is 14.9 Å². The van der Waals surface area contributed by atoms with Gasteiger partial charge in [0, 0.05) is 10.0 Å². The van der Waals surface area contributed by atoms with Crippen LogP contribution in [0.2, 0.25) is 0 Å². The first-order valence-electron chi connectivity index (χ1n) is 7.33. The Hall–Kier alpha value is -2.93. The molecule has 1 heterocycles. The summed E-state index contributed by atoms with van der Waals surface area (Å²) in [6.07, 6.45) is 1.26. The molecule has 0 aliphatic carbocycles. The number of nitrogens with one attached hydrogen (secondary N) is 1. The minimum absolute atomic E-state index is 0.0879. The van der Waals surface area contributed by atoms with E-state index in [4.69, 9.17) is 0 Å². The molecule has 2 aromatic carbocycles. The Morgan fingerprint density at radius 1 is 1.08 bits per heavy atom. The van der Waals surface area contributed by atoms with Crippen LogP contribution in [0.5, 0.6) is 5.75 Å². The Balaban J connectivity index is 2.05. The van der Waals surface area contributed by atoms with Crippen molar-refractivity contribution in [3.8, 4) is 5.75 Å². The van der Waals surface area contributed by atoms with Crippen molar-refractivity contribution in [3.63, 3.8) is 0 Å². The van der Waals surface area contributed by atoms with Crippen LogP contribution >= 0.6 is 15.9 Å². The molecule has 0 bridgehead atoms. The Morgan fingerprint density at radius 3 is 2.44 bits per heavy atom. The van der Waals surface area contributed by atoms with E-state index >= 15 is 0 Å². The topological polar surface area (TPSA) is 86.7 Å². The molecule has 126 valence electrons. The molecule has 7 heteroatoms. The van der Waals surface area contributed by atoms with Crippen molar-refractivity contribution in [1.29, 1.82) is 0 Å². The second-order valence-corrected chi connectivity index (χ2v) is 6.41. The number of imide groups is 2. The molecule has 2 aromatic rings. The van der Waals surface area contributed by atoms with Crippen LogP contribution in [0.4, 0.5) is 10.5 Å². The van der Waals surface area contributed by atoms with Gasteiger partial charge in [-0.05, 0) is 43.3 Å². The number of nitrogens with zero attached hydrogens (tertiary/aromatic N) is 1. The number of phenolic OH excluding ortho intramolecular Hbond substituents is 1. The van der Waals surface area contributed by atoms with Crippen molar-refractivity contribution in [2.75, 3.05) is 4.90 Å². The number of halogens is 1. The Morgan fingerprint density at radius 2 is 1.76 bits per heavy atom. The summed E-state index contributed by atoms with van der Waals surface area (Å²) in [4.78, 5) is 37.8. The second-order valence-electron chi connectivity index (χ2n) is 5.50. The molecule has 0 aromatic heterocycles. The summed E-state index contributed by atoms with van der Waals surface area (Å²) in [5.41, 5.74) is 1.36. The van der Waals surface area contributed by atoms with Crippen LogP contribution in [0.15, 0.2) is 52.5 Å². The molecule has 6 nitrogen and oxygen atoms in total. The summed E-state index contributed by atoms with van der Waals surface area (Å²) < 4.78 is 0.673. The predicted molar refractivity (Wildman–Crippen MR) is 96.0 cm³/mol. The molecule has 0 unspecified atom stereocenters. The number of hydrogen-bond acceptors (Lipinski definition) is 4. The number of aryl methyl sites for hydroxylation is 1. The molecule has 0 saturated carbocycles. The molecule has 0 radical (unpaired) electrons. The molecule has 25 heavy (non-hydrogen) atoms. The fourth-order valence-electron chi connectivity index (χ4n) is 2.38. The van der Waals surface area contributed by atoms with Gasteiger partial charge in [0.05, 0.1) is 5.69 Å². The van der Waals surface area contributed by atoms with Gasteiger partial charge < -0.3 is 5.11 Å². The normalized spacial score (nSPS) is 16.3. The van der Waals surface area contributed by atoms with Gasteiger partial charge in [-0.15, -0.1) is 0 Å². The Kier molecular flexibility index (Phi) is 4.41. The number of carbonyl (C=O) groups is 3. The van der Waals surface area contributed by atoms with E-state index in [0.29, 0.717) is 10.2 Å². The molecule has 2 N–H and O–H groups in total. The number of aromatic hydroxyl groups is 1. The SMILES string of the molecule is Cc1ccc(N2C(=O)NC(=O)/C(=C\c3cc(Br)ccc3O)C2=O)cc1. The zero-order valence-electron chi connectivity index (χ0n) is 13.1. The van der Waals surface area contributed by atoms with E-state index in [1.54, 1.807) is 36.4 Å². The smallest absolute Gasteiger partial charge is 0.335 e. The highest BCUT2D eigenvalue weighted by molar-refractivity contribution is 9.10. The maximum atomic E-state index is 12.7. The maximum absolute atomic E-state index is 12.7. The molecule has 1 aliphatic rings. The number of amides is 4. The number of urea groups is 1. The van der Waals surface area contributed by atoms with Crippen molar-refractivity contribution in [2.24, 2.45) is 0 Å². The fraction of sp³-hybridized carbons (Fsp3) is 0.0556. The maximum Gasteiger partial charge on any atom is 0.335 e. The summed E-state index contributed by atoms with van der Waals surface area (Å²) in [5.74, 6) is -1.65. The lowest BCUT2D eigenvalue weighted by atomic mass is 10.1. The Labute approximate surface area is 151 Å². The lowest BCUT2D eigenvalue weighted by molar-refractivity contribution is -0.122. The van der Waals surface area contributed by atoms with Crippen molar-refractivity contribution in [2.45, 2.75) is 6.92 Å². The number of hydrogen-bond donors (Lipinski definition) is 2. The summed E-state index contributed by atoms with van der Waals surface area (Å²) in [6.45, 7) is 1.88. The first-order valence-corrected chi connectivity index (χ1v) is 8.13. The summed E-state index contributed by atoms with van der Waals surface area (Å²) in [7, 11) is 0. The molecule has 0 atom stereocenters. The van der Waals surface area contributed by atoms with Crippen molar-refractivity contribution >= 4 is 45.5 Å². The van der Waals surface area contributed by atoms with Gasteiger partial charge in [-0.1, -0.05) is 33.6 Å². The minimum atomic E-state index is -0.811. The Bertz CT molecular complexity index is 919. The third kappa shape index (κ3) is 3.32. The largest absolute Gasteiger partial charge is 0.507 e. The van der Waals surface area contributed by atoms with Crippen LogP contribution < -0.4 is 10.2 Å². The molecule has 1 fully saturated rings. The molecular formula is C18H13BrN2O4. The third-order valence-electron chi connectivity index (χ3n) is 3.68. The fourth-order valence-corrected chi connectivity index (χ4v) is 2.76. The zero-order chi connectivity index (χ0) is 18.1. The minimum Gasteiger partial charge on any atom is -0.507 e. The van der Waals surface area contributed by atoms with Crippen LogP contribution in [-0.2, 0) is 9.59 Å². The van der Waals surface area contributed by atoms with Gasteiger partial charge in [0.2, 0.25) is 0 Å². The number of phenols is 1. The van der Waals surface area contributed by atoms with Crippen molar-refractivity contribution in [3.05, 3.63) is 63.6 Å². The highest BCUT2D eigenvalue weighted by atomic mass is 79.9. The lowest BCUT2D eigenvalue weighted by Crippen LogP contribution is -2.54. The van der Waals surface area contributed by atoms with Gasteiger partial charge in [0.15, 0.2) is 0 Å². The van der Waals surface area contributed by atoms with Gasteiger partial charge in [0.25, 0.3) is 11.8 Å². The number of rotatable bonds is 2. The molecule has 0 spiro atoms. The standard InChI is InChI=1S/C18H13BrN2O4/c1-10-2-5-13(6-3-10)21-17(24)14(16(23)20-18(21)25)9-11-8-12(19)4-7-15(11)22/h2-9,22H,1H3,(H,20,23,25)/b14-9+. The molecule has 1 saturated heterocycles. The predicted octanol–water partition coefficient (Wildman–Crippen LogP) is 3.13. The van der Waals surface area contributed by atoms with E-state index < -0.39 is 17.8 Å². The summed E-state index contributed by atoms with van der Waals surface area (Å²) >= 11 is 3.27. The average molecular weight is 401 g/mol. The van der Waals surface area contributed by atoms with Crippen LogP contribution in [0.25, 0.3) is 6.08 Å². The highest BCUT2D eigenvalue weighted by Crippen LogP contribution is 2.27. The summed E-state index contributed by atoms with van der Waals surface area (Å²) in [6, 6.07) is 10.6. The number of anilines is 1. The highest BCUT2D eigenvalue weighted by Gasteiger charge is 2.36. The quantitative estimate of drug-likeness (QED) is 0.598. The van der Waals surface area contributed by atoms with Gasteiger partial charge in [-0.25, -0.2) is 9.69 Å². The first-order chi connectivity index (χ1) is 11.9. The molecule has 3 rings (SSSR count). The zero-order valence-corrected chi connectivity index (χ0v) is 14.7. The lowest BCUT2D eigenvalue weighted by Gasteiger charge is -2.26. The van der Waals surface area contributed by atoms with Crippen molar-refractivity contribution < 1.29 is 19.5 Å². The molecule has 1 aliphatic heterocycles.